The minimum atomic E-state index is -3.97. The fraction of sp³-hybridized carbons (Fsp3) is 0.294. The van der Waals surface area contributed by atoms with Crippen LogP contribution in [0.1, 0.15) is 21.7 Å². The van der Waals surface area contributed by atoms with Crippen LogP contribution < -0.4 is 9.47 Å². The molecule has 26 heavy (non-hydrogen) atoms. The zero-order valence-electron chi connectivity index (χ0n) is 14.9. The number of benzene rings is 1. The number of hydrogen-bond acceptors (Lipinski definition) is 6. The lowest BCUT2D eigenvalue weighted by molar-refractivity contribution is 0.0692. The summed E-state index contributed by atoms with van der Waals surface area (Å²) in [5.41, 5.74) is 1.05. The smallest absolute Gasteiger partial charge is 0.339 e. The highest BCUT2D eigenvalue weighted by Crippen LogP contribution is 2.35. The molecule has 0 aliphatic carbocycles. The normalized spacial score (nSPS) is 11.4. The second kappa shape index (κ2) is 7.71. The van der Waals surface area contributed by atoms with Gasteiger partial charge in [0.15, 0.2) is 11.5 Å². The van der Waals surface area contributed by atoms with Gasteiger partial charge in [-0.05, 0) is 25.1 Å². The number of ether oxygens (including phenoxy) is 2. The molecule has 1 N–H and O–H groups in total. The Morgan fingerprint density at radius 2 is 1.92 bits per heavy atom. The number of nitrogens with zero attached hydrogens (tertiary/aromatic N) is 2. The average Bonchev–Trinajstić information content (AvgIpc) is 2.60. The van der Waals surface area contributed by atoms with Gasteiger partial charge >= 0.3 is 5.97 Å². The predicted molar refractivity (Wildman–Crippen MR) is 94.1 cm³/mol. The van der Waals surface area contributed by atoms with Crippen LogP contribution in [0.15, 0.2) is 35.2 Å². The molecule has 0 spiro atoms. The molecule has 8 nitrogen and oxygen atoms in total. The summed E-state index contributed by atoms with van der Waals surface area (Å²) in [7, 11) is 0.0217. The number of hydrogen-bond donors (Lipinski definition) is 1. The number of pyridine rings is 1. The SMILES string of the molecule is COc1cc(S(=O)(=O)N(C)Cc2cccc(C)n2)cc(C(=O)O)c1OC. The van der Waals surface area contributed by atoms with Gasteiger partial charge in [-0.3, -0.25) is 4.98 Å². The topological polar surface area (TPSA) is 106 Å². The molecule has 140 valence electrons. The number of aromatic nitrogens is 1. The first kappa shape index (κ1) is 19.7. The summed E-state index contributed by atoms with van der Waals surface area (Å²) in [6.07, 6.45) is 0. The zero-order chi connectivity index (χ0) is 19.5. The van der Waals surface area contributed by atoms with Crippen LogP contribution in [0.25, 0.3) is 0 Å². The van der Waals surface area contributed by atoms with Crippen molar-refractivity contribution in [2.75, 3.05) is 21.3 Å². The van der Waals surface area contributed by atoms with Crippen molar-refractivity contribution in [3.05, 3.63) is 47.3 Å². The van der Waals surface area contributed by atoms with E-state index in [1.54, 1.807) is 12.1 Å². The number of sulfonamides is 1. The van der Waals surface area contributed by atoms with Crippen LogP contribution in [-0.4, -0.2) is 50.1 Å². The Morgan fingerprint density at radius 3 is 2.46 bits per heavy atom. The highest BCUT2D eigenvalue weighted by molar-refractivity contribution is 7.89. The molecule has 2 aromatic rings. The largest absolute Gasteiger partial charge is 0.493 e. The van der Waals surface area contributed by atoms with Gasteiger partial charge in [0.25, 0.3) is 0 Å². The van der Waals surface area contributed by atoms with Gasteiger partial charge in [-0.25, -0.2) is 13.2 Å². The Hall–Kier alpha value is -2.65. The first-order valence-corrected chi connectivity index (χ1v) is 9.03. The van der Waals surface area contributed by atoms with Crippen molar-refractivity contribution in [1.82, 2.24) is 9.29 Å². The van der Waals surface area contributed by atoms with E-state index >= 15 is 0 Å². The Labute approximate surface area is 152 Å². The third kappa shape index (κ3) is 3.94. The fourth-order valence-corrected chi connectivity index (χ4v) is 3.61. The lowest BCUT2D eigenvalue weighted by Crippen LogP contribution is -2.27. The Bertz CT molecular complexity index is 927. The Balaban J connectivity index is 2.47. The maximum atomic E-state index is 12.9. The van der Waals surface area contributed by atoms with Crippen LogP contribution >= 0.6 is 0 Å². The number of aryl methyl sites for hydroxylation is 1. The molecule has 0 saturated heterocycles. The fourth-order valence-electron chi connectivity index (χ4n) is 2.43. The summed E-state index contributed by atoms with van der Waals surface area (Å²) in [4.78, 5) is 15.5. The molecule has 1 heterocycles. The van der Waals surface area contributed by atoms with Gasteiger partial charge in [0.2, 0.25) is 10.0 Å². The van der Waals surface area contributed by atoms with Gasteiger partial charge in [0.1, 0.15) is 5.56 Å². The van der Waals surface area contributed by atoms with Gasteiger partial charge in [0, 0.05) is 18.8 Å². The third-order valence-corrected chi connectivity index (χ3v) is 5.50. The molecule has 0 fully saturated rings. The van der Waals surface area contributed by atoms with Crippen molar-refractivity contribution in [3.8, 4) is 11.5 Å². The maximum absolute atomic E-state index is 12.9. The van der Waals surface area contributed by atoms with E-state index in [1.807, 2.05) is 13.0 Å². The molecule has 0 atom stereocenters. The molecule has 1 aromatic heterocycles. The second-order valence-electron chi connectivity index (χ2n) is 5.54. The van der Waals surface area contributed by atoms with Crippen LogP contribution in [0.3, 0.4) is 0 Å². The number of carboxylic acid groups (broad SMARTS) is 1. The van der Waals surface area contributed by atoms with E-state index in [0.29, 0.717) is 5.69 Å². The molecule has 0 unspecified atom stereocenters. The van der Waals surface area contributed by atoms with Gasteiger partial charge in [-0.2, -0.15) is 4.31 Å². The van der Waals surface area contributed by atoms with E-state index in [4.69, 9.17) is 9.47 Å². The summed E-state index contributed by atoms with van der Waals surface area (Å²) >= 11 is 0. The Morgan fingerprint density at radius 1 is 1.23 bits per heavy atom. The minimum absolute atomic E-state index is 0.0213. The van der Waals surface area contributed by atoms with Gasteiger partial charge in [-0.1, -0.05) is 6.07 Å². The molecular weight excluding hydrogens is 360 g/mol. The number of aromatic carboxylic acids is 1. The van der Waals surface area contributed by atoms with E-state index in [0.717, 1.165) is 16.1 Å². The lowest BCUT2D eigenvalue weighted by atomic mass is 10.2. The van der Waals surface area contributed by atoms with E-state index in [2.05, 4.69) is 4.98 Å². The molecule has 9 heteroatoms. The summed E-state index contributed by atoms with van der Waals surface area (Å²) < 4.78 is 37.0. The summed E-state index contributed by atoms with van der Waals surface area (Å²) in [6, 6.07) is 7.61. The average molecular weight is 380 g/mol. The molecule has 0 saturated carbocycles. The monoisotopic (exact) mass is 380 g/mol. The number of carboxylic acids is 1. The standard InChI is InChI=1S/C17H20N2O6S/c1-11-6-5-7-12(18-11)10-19(2)26(22,23)13-8-14(17(20)21)16(25-4)15(9-13)24-3/h5-9H,10H2,1-4H3,(H,20,21). The van der Waals surface area contributed by atoms with Crippen molar-refractivity contribution >= 4 is 16.0 Å². The Kier molecular flexibility index (Phi) is 5.83. The molecule has 1 aromatic carbocycles. The number of carbonyl (C=O) groups is 1. The van der Waals surface area contributed by atoms with Gasteiger partial charge < -0.3 is 14.6 Å². The van der Waals surface area contributed by atoms with Gasteiger partial charge in [0.05, 0.1) is 31.4 Å². The lowest BCUT2D eigenvalue weighted by Gasteiger charge is -2.19. The third-order valence-electron chi connectivity index (χ3n) is 3.72. The molecule has 0 bridgehead atoms. The number of rotatable bonds is 7. The summed E-state index contributed by atoms with van der Waals surface area (Å²) in [6.45, 7) is 1.85. The van der Waals surface area contributed by atoms with Gasteiger partial charge in [-0.15, -0.1) is 0 Å². The zero-order valence-corrected chi connectivity index (χ0v) is 15.7. The second-order valence-corrected chi connectivity index (χ2v) is 7.59. The quantitative estimate of drug-likeness (QED) is 0.782. The molecular formula is C17H20N2O6S. The van der Waals surface area contributed by atoms with E-state index < -0.39 is 16.0 Å². The molecule has 0 radical (unpaired) electrons. The highest BCUT2D eigenvalue weighted by Gasteiger charge is 2.27. The van der Waals surface area contributed by atoms with Crippen LogP contribution in [0.2, 0.25) is 0 Å². The van der Waals surface area contributed by atoms with Crippen LogP contribution in [-0.2, 0) is 16.6 Å². The van der Waals surface area contributed by atoms with Crippen LogP contribution in [0.4, 0.5) is 0 Å². The predicted octanol–water partition coefficient (Wildman–Crippen LogP) is 1.93. The van der Waals surface area contributed by atoms with E-state index in [9.17, 15) is 18.3 Å². The molecule has 0 aliphatic rings. The summed E-state index contributed by atoms with van der Waals surface area (Å²) in [5, 5.41) is 9.36. The van der Waals surface area contributed by atoms with Crippen molar-refractivity contribution in [2.45, 2.75) is 18.4 Å². The molecule has 0 aliphatic heterocycles. The summed E-state index contributed by atoms with van der Waals surface area (Å²) in [5.74, 6) is -1.34. The van der Waals surface area contributed by atoms with Crippen molar-refractivity contribution < 1.29 is 27.8 Å². The van der Waals surface area contributed by atoms with Crippen molar-refractivity contribution in [2.24, 2.45) is 0 Å². The first-order valence-electron chi connectivity index (χ1n) is 7.59. The molecule has 2 rings (SSSR count). The minimum Gasteiger partial charge on any atom is -0.493 e. The van der Waals surface area contributed by atoms with Crippen molar-refractivity contribution in [1.29, 1.82) is 0 Å². The van der Waals surface area contributed by atoms with Crippen LogP contribution in [0, 0.1) is 6.92 Å². The highest BCUT2D eigenvalue weighted by atomic mass is 32.2. The number of methoxy groups -OCH3 is 2. The maximum Gasteiger partial charge on any atom is 0.339 e. The molecule has 0 amide bonds. The van der Waals surface area contributed by atoms with Crippen molar-refractivity contribution in [3.63, 3.8) is 0 Å². The first-order chi connectivity index (χ1) is 12.2. The van der Waals surface area contributed by atoms with E-state index in [1.165, 1.54) is 27.3 Å². The van der Waals surface area contributed by atoms with Crippen LogP contribution in [0.5, 0.6) is 11.5 Å². The van der Waals surface area contributed by atoms with E-state index in [-0.39, 0.29) is 28.5 Å².